The van der Waals surface area contributed by atoms with Crippen LogP contribution in [0.5, 0.6) is 5.75 Å². The summed E-state index contributed by atoms with van der Waals surface area (Å²) < 4.78 is 11.2. The Bertz CT molecular complexity index is 1460. The minimum atomic E-state index is -0.525. The average Bonchev–Trinajstić information content (AvgIpc) is 3.34. The van der Waals surface area contributed by atoms with E-state index in [4.69, 9.17) is 9.15 Å². The van der Waals surface area contributed by atoms with E-state index < -0.39 is 16.7 Å². The molecule has 0 saturated heterocycles. The predicted molar refractivity (Wildman–Crippen MR) is 134 cm³/mol. The molecule has 0 saturated carbocycles. The van der Waals surface area contributed by atoms with Gasteiger partial charge in [0, 0.05) is 17.7 Å². The molecule has 0 aliphatic heterocycles. The second-order valence-corrected chi connectivity index (χ2v) is 7.83. The highest BCUT2D eigenvalue weighted by Gasteiger charge is 2.12. The molecule has 3 aromatic carbocycles. The van der Waals surface area contributed by atoms with E-state index in [1.807, 2.05) is 36.4 Å². The maximum absolute atomic E-state index is 12.0. The molecule has 0 bridgehead atoms. The van der Waals surface area contributed by atoms with E-state index in [9.17, 15) is 19.7 Å². The molecule has 4 aromatic rings. The SMILES string of the molecule is Cc1cc([N+](=O)[O-])ccc1-c1ccc(/C=N\NC(=O)CNC(=O)COc2ccc3ccccc3c2)o1. The molecule has 0 atom stereocenters. The summed E-state index contributed by atoms with van der Waals surface area (Å²) in [5, 5.41) is 19.2. The van der Waals surface area contributed by atoms with Crippen LogP contribution < -0.4 is 15.5 Å². The third kappa shape index (κ3) is 6.11. The summed E-state index contributed by atoms with van der Waals surface area (Å²) in [4.78, 5) is 34.4. The number of amides is 2. The first kappa shape index (κ1) is 24.1. The minimum absolute atomic E-state index is 0.000329. The Kier molecular flexibility index (Phi) is 7.35. The van der Waals surface area contributed by atoms with Crippen LogP contribution in [0.4, 0.5) is 5.69 Å². The molecule has 10 nitrogen and oxygen atoms in total. The van der Waals surface area contributed by atoms with Gasteiger partial charge in [0.2, 0.25) is 0 Å². The zero-order chi connectivity index (χ0) is 25.5. The Balaban J connectivity index is 1.22. The monoisotopic (exact) mass is 486 g/mol. The summed E-state index contributed by atoms with van der Waals surface area (Å²) in [5.74, 6) is 0.462. The summed E-state index contributed by atoms with van der Waals surface area (Å²) in [6.07, 6.45) is 1.31. The molecule has 2 N–H and O–H groups in total. The van der Waals surface area contributed by atoms with E-state index >= 15 is 0 Å². The van der Waals surface area contributed by atoms with Gasteiger partial charge in [-0.15, -0.1) is 0 Å². The summed E-state index contributed by atoms with van der Waals surface area (Å²) in [5.41, 5.74) is 3.70. The number of carbonyl (C=O) groups excluding carboxylic acids is 2. The van der Waals surface area contributed by atoms with Crippen molar-refractivity contribution in [2.24, 2.45) is 5.10 Å². The molecule has 1 heterocycles. The van der Waals surface area contributed by atoms with Gasteiger partial charge in [0.05, 0.1) is 17.7 Å². The molecule has 10 heteroatoms. The molecule has 36 heavy (non-hydrogen) atoms. The maximum atomic E-state index is 12.0. The Morgan fingerprint density at radius 1 is 1.03 bits per heavy atom. The van der Waals surface area contributed by atoms with Crippen molar-refractivity contribution in [1.29, 1.82) is 0 Å². The van der Waals surface area contributed by atoms with Crippen LogP contribution in [0.3, 0.4) is 0 Å². The smallest absolute Gasteiger partial charge is 0.269 e. The maximum Gasteiger partial charge on any atom is 0.269 e. The number of hydrogen-bond acceptors (Lipinski definition) is 7. The molecule has 0 aliphatic rings. The number of carbonyl (C=O) groups is 2. The Labute approximate surface area is 205 Å². The number of furan rings is 1. The number of nitrogens with one attached hydrogen (secondary N) is 2. The van der Waals surface area contributed by atoms with Gasteiger partial charge in [0.15, 0.2) is 6.61 Å². The van der Waals surface area contributed by atoms with Gasteiger partial charge in [-0.3, -0.25) is 19.7 Å². The molecule has 1 aromatic heterocycles. The lowest BCUT2D eigenvalue weighted by molar-refractivity contribution is -0.384. The Morgan fingerprint density at radius 2 is 1.83 bits per heavy atom. The number of nitro groups is 1. The molecular formula is C26H22N4O6. The number of hydrogen-bond donors (Lipinski definition) is 2. The van der Waals surface area contributed by atoms with Crippen LogP contribution in [-0.4, -0.2) is 36.1 Å². The first-order chi connectivity index (χ1) is 17.4. The van der Waals surface area contributed by atoms with Crippen LogP contribution in [-0.2, 0) is 9.59 Å². The number of nitro benzene ring substituents is 1. The van der Waals surface area contributed by atoms with Gasteiger partial charge >= 0.3 is 0 Å². The third-order valence-corrected chi connectivity index (χ3v) is 5.23. The number of benzene rings is 3. The second kappa shape index (κ2) is 11.0. The fraction of sp³-hybridized carbons (Fsp3) is 0.115. The normalized spacial score (nSPS) is 10.9. The van der Waals surface area contributed by atoms with Crippen LogP contribution in [0.15, 0.2) is 82.3 Å². The van der Waals surface area contributed by atoms with Gasteiger partial charge in [-0.05, 0) is 53.6 Å². The molecular weight excluding hydrogens is 464 g/mol. The topological polar surface area (TPSA) is 136 Å². The van der Waals surface area contributed by atoms with Crippen molar-refractivity contribution in [3.63, 3.8) is 0 Å². The van der Waals surface area contributed by atoms with Crippen molar-refractivity contribution >= 4 is 34.5 Å². The first-order valence-electron chi connectivity index (χ1n) is 10.9. The van der Waals surface area contributed by atoms with Gasteiger partial charge in [0.1, 0.15) is 17.3 Å². The standard InChI is InChI=1S/C26H22N4O6/c1-17-12-20(30(33)34)7-10-23(17)24-11-9-22(36-24)14-28-29-25(31)15-27-26(32)16-35-21-8-6-18-4-2-3-5-19(18)13-21/h2-14H,15-16H2,1H3,(H,27,32)(H,29,31)/b28-14-. The lowest BCUT2D eigenvalue weighted by Crippen LogP contribution is -2.37. The summed E-state index contributed by atoms with van der Waals surface area (Å²) >= 11 is 0. The van der Waals surface area contributed by atoms with Crippen molar-refractivity contribution in [2.75, 3.05) is 13.2 Å². The average molecular weight is 486 g/mol. The molecule has 2 amide bonds. The van der Waals surface area contributed by atoms with Gasteiger partial charge in [-0.2, -0.15) is 5.10 Å². The zero-order valence-corrected chi connectivity index (χ0v) is 19.3. The second-order valence-electron chi connectivity index (χ2n) is 7.83. The molecule has 0 radical (unpaired) electrons. The van der Waals surface area contributed by atoms with Crippen LogP contribution in [0.1, 0.15) is 11.3 Å². The largest absolute Gasteiger partial charge is 0.484 e. The number of rotatable bonds is 9. The highest BCUT2D eigenvalue weighted by Crippen LogP contribution is 2.28. The molecule has 4 rings (SSSR count). The summed E-state index contributed by atoms with van der Waals surface area (Å²) in [6, 6.07) is 21.2. The van der Waals surface area contributed by atoms with Crippen molar-refractivity contribution in [3.05, 3.63) is 94.2 Å². The van der Waals surface area contributed by atoms with Crippen LogP contribution in [0.25, 0.3) is 22.1 Å². The number of ether oxygens (including phenoxy) is 1. The van der Waals surface area contributed by atoms with Gasteiger partial charge < -0.3 is 14.5 Å². The van der Waals surface area contributed by atoms with E-state index in [1.54, 1.807) is 31.2 Å². The molecule has 0 fully saturated rings. The van der Waals surface area contributed by atoms with Gasteiger partial charge in [-0.1, -0.05) is 30.3 Å². The quantitative estimate of drug-likeness (QED) is 0.209. The Morgan fingerprint density at radius 3 is 2.61 bits per heavy atom. The fourth-order valence-corrected chi connectivity index (χ4v) is 3.45. The van der Waals surface area contributed by atoms with Crippen LogP contribution in [0.2, 0.25) is 0 Å². The van der Waals surface area contributed by atoms with E-state index in [-0.39, 0.29) is 18.8 Å². The third-order valence-electron chi connectivity index (χ3n) is 5.23. The van der Waals surface area contributed by atoms with Crippen molar-refractivity contribution < 1.29 is 23.7 Å². The highest BCUT2D eigenvalue weighted by molar-refractivity contribution is 5.87. The number of hydrazone groups is 1. The fourth-order valence-electron chi connectivity index (χ4n) is 3.45. The van der Waals surface area contributed by atoms with Gasteiger partial charge in [0.25, 0.3) is 17.5 Å². The molecule has 0 spiro atoms. The van der Waals surface area contributed by atoms with Crippen LogP contribution >= 0.6 is 0 Å². The summed E-state index contributed by atoms with van der Waals surface area (Å²) in [6.45, 7) is 1.24. The number of nitrogens with zero attached hydrogens (tertiary/aromatic N) is 2. The lowest BCUT2D eigenvalue weighted by atomic mass is 10.1. The first-order valence-corrected chi connectivity index (χ1v) is 10.9. The van der Waals surface area contributed by atoms with E-state index in [0.29, 0.717) is 28.4 Å². The van der Waals surface area contributed by atoms with Gasteiger partial charge in [-0.25, -0.2) is 5.43 Å². The highest BCUT2D eigenvalue weighted by atomic mass is 16.6. The Hall–Kier alpha value is -4.99. The minimum Gasteiger partial charge on any atom is -0.484 e. The molecule has 0 unspecified atom stereocenters. The van der Waals surface area contributed by atoms with E-state index in [2.05, 4.69) is 15.8 Å². The van der Waals surface area contributed by atoms with E-state index in [1.165, 1.54) is 18.3 Å². The molecule has 182 valence electrons. The molecule has 0 aliphatic carbocycles. The predicted octanol–water partition coefficient (Wildman–Crippen LogP) is 3.96. The number of fused-ring (bicyclic) bond motifs is 1. The van der Waals surface area contributed by atoms with Crippen molar-refractivity contribution in [3.8, 4) is 17.1 Å². The zero-order valence-electron chi connectivity index (χ0n) is 19.3. The number of non-ortho nitro benzene ring substituents is 1. The lowest BCUT2D eigenvalue weighted by Gasteiger charge is -2.08. The van der Waals surface area contributed by atoms with Crippen LogP contribution in [0, 0.1) is 17.0 Å². The number of aryl methyl sites for hydroxylation is 1. The van der Waals surface area contributed by atoms with Crippen molar-refractivity contribution in [1.82, 2.24) is 10.7 Å². The van der Waals surface area contributed by atoms with E-state index in [0.717, 1.165) is 10.8 Å². The summed E-state index contributed by atoms with van der Waals surface area (Å²) in [7, 11) is 0. The van der Waals surface area contributed by atoms with Crippen molar-refractivity contribution in [2.45, 2.75) is 6.92 Å².